The fraction of sp³-hybridized carbons (Fsp3) is 0.455. The number of benzene rings is 1. The fourth-order valence-electron chi connectivity index (χ4n) is 3.35. The number of thiophene rings is 1. The zero-order valence-electron chi connectivity index (χ0n) is 16.7. The normalized spacial score (nSPS) is 13.7. The Labute approximate surface area is 170 Å². The molecule has 0 fully saturated rings. The summed E-state index contributed by atoms with van der Waals surface area (Å²) in [4.78, 5) is 25.9. The predicted molar refractivity (Wildman–Crippen MR) is 112 cm³/mol. The average Bonchev–Trinajstić information content (AvgIpc) is 3.27. The molecule has 6 heteroatoms. The van der Waals surface area contributed by atoms with Gasteiger partial charge in [-0.3, -0.25) is 4.79 Å². The van der Waals surface area contributed by atoms with Crippen LogP contribution >= 0.6 is 11.3 Å². The third-order valence-electron chi connectivity index (χ3n) is 5.09. The maximum Gasteiger partial charge on any atom is 0.341 e. The second-order valence-electron chi connectivity index (χ2n) is 7.00. The number of carbonyl (C=O) groups is 2. The van der Waals surface area contributed by atoms with E-state index in [9.17, 15) is 9.59 Å². The van der Waals surface area contributed by atoms with Crippen LogP contribution < -0.4 is 10.1 Å². The van der Waals surface area contributed by atoms with E-state index in [2.05, 4.69) is 19.2 Å². The molecule has 0 saturated carbocycles. The molecule has 0 unspecified atom stereocenters. The third kappa shape index (κ3) is 4.55. The number of amides is 1. The smallest absolute Gasteiger partial charge is 0.341 e. The molecule has 1 atom stereocenters. The first-order valence-electron chi connectivity index (χ1n) is 9.87. The highest BCUT2D eigenvalue weighted by molar-refractivity contribution is 7.17. The summed E-state index contributed by atoms with van der Waals surface area (Å²) in [7, 11) is 0. The summed E-state index contributed by atoms with van der Waals surface area (Å²) in [5.41, 5.74) is 2.80. The maximum atomic E-state index is 12.4. The molecule has 1 aromatic carbocycles. The molecule has 1 aliphatic carbocycles. The SMILES string of the molecule is CCOC(=O)c1c(NC(=O)COc2ccc([C@H](C)CC)cc2)sc2c1CCC2. The Kier molecular flexibility index (Phi) is 6.73. The number of hydrogen-bond acceptors (Lipinski definition) is 5. The summed E-state index contributed by atoms with van der Waals surface area (Å²) in [6, 6.07) is 7.84. The number of nitrogens with one attached hydrogen (secondary N) is 1. The number of fused-ring (bicyclic) bond motifs is 1. The Morgan fingerprint density at radius 2 is 1.93 bits per heavy atom. The van der Waals surface area contributed by atoms with Gasteiger partial charge in [-0.2, -0.15) is 0 Å². The van der Waals surface area contributed by atoms with Crippen molar-refractivity contribution in [1.29, 1.82) is 0 Å². The van der Waals surface area contributed by atoms with Crippen LogP contribution in [-0.4, -0.2) is 25.1 Å². The Balaban J connectivity index is 1.63. The van der Waals surface area contributed by atoms with Gasteiger partial charge in [-0.25, -0.2) is 4.79 Å². The molecular weight excluding hydrogens is 374 g/mol. The van der Waals surface area contributed by atoms with Gasteiger partial charge in [0, 0.05) is 4.88 Å². The minimum Gasteiger partial charge on any atom is -0.484 e. The second-order valence-corrected chi connectivity index (χ2v) is 8.10. The summed E-state index contributed by atoms with van der Waals surface area (Å²) >= 11 is 1.47. The number of ether oxygens (including phenoxy) is 2. The maximum absolute atomic E-state index is 12.4. The second kappa shape index (κ2) is 9.24. The summed E-state index contributed by atoms with van der Waals surface area (Å²) in [5.74, 6) is 0.510. The predicted octanol–water partition coefficient (Wildman–Crippen LogP) is 4.94. The van der Waals surface area contributed by atoms with Crippen LogP contribution in [0.2, 0.25) is 0 Å². The Morgan fingerprint density at radius 3 is 2.61 bits per heavy atom. The highest BCUT2D eigenvalue weighted by Crippen LogP contribution is 2.39. The van der Waals surface area contributed by atoms with Crippen molar-refractivity contribution in [2.45, 2.75) is 52.4 Å². The van der Waals surface area contributed by atoms with Gasteiger partial charge in [-0.05, 0) is 61.8 Å². The van der Waals surface area contributed by atoms with Crippen LogP contribution in [0.25, 0.3) is 0 Å². The molecule has 0 radical (unpaired) electrons. The highest BCUT2D eigenvalue weighted by atomic mass is 32.1. The minimum absolute atomic E-state index is 0.104. The number of esters is 1. The topological polar surface area (TPSA) is 64.6 Å². The zero-order chi connectivity index (χ0) is 20.1. The molecule has 1 aliphatic rings. The number of aryl methyl sites for hydroxylation is 1. The van der Waals surface area contributed by atoms with Crippen LogP contribution in [0, 0.1) is 0 Å². The summed E-state index contributed by atoms with van der Waals surface area (Å²) in [6.45, 7) is 6.33. The van der Waals surface area contributed by atoms with Gasteiger partial charge in [0.1, 0.15) is 10.8 Å². The van der Waals surface area contributed by atoms with Gasteiger partial charge in [0.2, 0.25) is 0 Å². The van der Waals surface area contributed by atoms with Crippen LogP contribution in [-0.2, 0) is 22.4 Å². The molecule has 3 rings (SSSR count). The number of carbonyl (C=O) groups excluding carboxylic acids is 2. The quantitative estimate of drug-likeness (QED) is 0.636. The van der Waals surface area contributed by atoms with E-state index in [1.54, 1.807) is 6.92 Å². The summed E-state index contributed by atoms with van der Waals surface area (Å²) in [5, 5.41) is 3.42. The van der Waals surface area contributed by atoms with E-state index in [0.29, 0.717) is 28.8 Å². The largest absolute Gasteiger partial charge is 0.484 e. The molecule has 1 amide bonds. The minimum atomic E-state index is -0.362. The van der Waals surface area contributed by atoms with E-state index in [4.69, 9.17) is 9.47 Å². The first-order chi connectivity index (χ1) is 13.5. The van der Waals surface area contributed by atoms with Crippen LogP contribution in [0.5, 0.6) is 5.75 Å². The van der Waals surface area contributed by atoms with Crippen molar-refractivity contribution in [2.75, 3.05) is 18.5 Å². The van der Waals surface area contributed by atoms with E-state index < -0.39 is 0 Å². The fourth-order valence-corrected chi connectivity index (χ4v) is 4.64. The van der Waals surface area contributed by atoms with Gasteiger partial charge >= 0.3 is 5.97 Å². The lowest BCUT2D eigenvalue weighted by atomic mass is 9.99. The zero-order valence-corrected chi connectivity index (χ0v) is 17.5. The Hall–Kier alpha value is -2.34. The van der Waals surface area contributed by atoms with Crippen LogP contribution in [0.3, 0.4) is 0 Å². The van der Waals surface area contributed by atoms with E-state index in [0.717, 1.165) is 31.2 Å². The number of rotatable bonds is 8. The van der Waals surface area contributed by atoms with E-state index in [-0.39, 0.29) is 18.5 Å². The molecule has 0 aliphatic heterocycles. The molecule has 2 aromatic rings. The molecule has 1 N–H and O–H groups in total. The van der Waals surface area contributed by atoms with Crippen LogP contribution in [0.15, 0.2) is 24.3 Å². The molecule has 0 saturated heterocycles. The Bertz CT molecular complexity index is 841. The molecule has 0 bridgehead atoms. The van der Waals surface area contributed by atoms with Crippen molar-refractivity contribution >= 4 is 28.2 Å². The Morgan fingerprint density at radius 1 is 1.18 bits per heavy atom. The molecule has 28 heavy (non-hydrogen) atoms. The van der Waals surface area contributed by atoms with E-state index in [1.807, 2.05) is 24.3 Å². The lowest BCUT2D eigenvalue weighted by molar-refractivity contribution is -0.118. The van der Waals surface area contributed by atoms with Crippen molar-refractivity contribution in [3.8, 4) is 5.75 Å². The summed E-state index contributed by atoms with van der Waals surface area (Å²) < 4.78 is 10.8. The molecular formula is C22H27NO4S. The van der Waals surface area contributed by atoms with Gasteiger partial charge in [0.25, 0.3) is 5.91 Å². The van der Waals surface area contributed by atoms with E-state index in [1.165, 1.54) is 21.8 Å². The summed E-state index contributed by atoms with van der Waals surface area (Å²) in [6.07, 6.45) is 3.92. The van der Waals surface area contributed by atoms with Gasteiger partial charge < -0.3 is 14.8 Å². The lowest BCUT2D eigenvalue weighted by Gasteiger charge is -2.11. The first kappa shape index (κ1) is 20.4. The van der Waals surface area contributed by atoms with Gasteiger partial charge in [-0.15, -0.1) is 11.3 Å². The van der Waals surface area contributed by atoms with Crippen molar-refractivity contribution in [2.24, 2.45) is 0 Å². The highest BCUT2D eigenvalue weighted by Gasteiger charge is 2.28. The third-order valence-corrected chi connectivity index (χ3v) is 6.29. The molecule has 0 spiro atoms. The molecule has 1 heterocycles. The average molecular weight is 402 g/mol. The first-order valence-corrected chi connectivity index (χ1v) is 10.7. The van der Waals surface area contributed by atoms with E-state index >= 15 is 0 Å². The molecule has 1 aromatic heterocycles. The van der Waals surface area contributed by atoms with Crippen molar-refractivity contribution in [3.05, 3.63) is 45.8 Å². The van der Waals surface area contributed by atoms with Gasteiger partial charge in [0.05, 0.1) is 12.2 Å². The van der Waals surface area contributed by atoms with Crippen LogP contribution in [0.4, 0.5) is 5.00 Å². The van der Waals surface area contributed by atoms with Crippen molar-refractivity contribution in [1.82, 2.24) is 0 Å². The monoisotopic (exact) mass is 401 g/mol. The standard InChI is InChI=1S/C22H27NO4S/c1-4-14(3)15-9-11-16(12-10-15)27-13-19(24)23-21-20(22(25)26-5-2)17-7-6-8-18(17)28-21/h9-12,14H,4-8,13H2,1-3H3,(H,23,24)/t14-/m1/s1. The van der Waals surface area contributed by atoms with Crippen LogP contribution in [0.1, 0.15) is 65.9 Å². The van der Waals surface area contributed by atoms with Gasteiger partial charge in [0.15, 0.2) is 6.61 Å². The number of hydrogen-bond donors (Lipinski definition) is 1. The van der Waals surface area contributed by atoms with Crippen molar-refractivity contribution < 1.29 is 19.1 Å². The van der Waals surface area contributed by atoms with Crippen molar-refractivity contribution in [3.63, 3.8) is 0 Å². The molecule has 5 nitrogen and oxygen atoms in total. The lowest BCUT2D eigenvalue weighted by Crippen LogP contribution is -2.21. The molecule has 150 valence electrons. The van der Waals surface area contributed by atoms with Gasteiger partial charge in [-0.1, -0.05) is 26.0 Å². The number of anilines is 1.